The Morgan fingerprint density at radius 3 is 1.56 bits per heavy atom. The van der Waals surface area contributed by atoms with E-state index in [4.69, 9.17) is 9.05 Å². The van der Waals surface area contributed by atoms with E-state index in [1.807, 2.05) is 13.8 Å². The number of phosphoric acid groups is 2. The molecule has 0 aromatic heterocycles. The number of ketones is 1. The Morgan fingerprint density at radius 2 is 1.15 bits per heavy atom. The van der Waals surface area contributed by atoms with E-state index in [0.29, 0.717) is 51.8 Å². The van der Waals surface area contributed by atoms with Crippen molar-refractivity contribution in [2.45, 2.75) is 52.9 Å². The quantitative estimate of drug-likeness (QED) is 0.123. The number of phenols is 1. The van der Waals surface area contributed by atoms with E-state index in [9.17, 15) is 38.6 Å². The van der Waals surface area contributed by atoms with Crippen LogP contribution in [-0.4, -0.2) is 30.5 Å². The summed E-state index contributed by atoms with van der Waals surface area (Å²) < 4.78 is 33.6. The average molecular weight is 605 g/mol. The third-order valence-electron chi connectivity index (χ3n) is 6.41. The zero-order valence-corrected chi connectivity index (χ0v) is 24.8. The van der Waals surface area contributed by atoms with Crippen molar-refractivity contribution in [1.29, 1.82) is 0 Å². The molecule has 0 aliphatic carbocycles. The zero-order valence-electron chi connectivity index (χ0n) is 23.0. The van der Waals surface area contributed by atoms with Crippen LogP contribution in [0, 0.1) is 0 Å². The minimum absolute atomic E-state index is 0.0383. The van der Waals surface area contributed by atoms with Crippen molar-refractivity contribution >= 4 is 21.4 Å². The van der Waals surface area contributed by atoms with Crippen LogP contribution in [0.5, 0.6) is 17.2 Å². The van der Waals surface area contributed by atoms with Crippen molar-refractivity contribution in [2.75, 3.05) is 0 Å². The summed E-state index contributed by atoms with van der Waals surface area (Å²) in [5.41, 5.74) is 3.21. The molecule has 0 bridgehead atoms. The van der Waals surface area contributed by atoms with Crippen molar-refractivity contribution in [3.05, 3.63) is 99.6 Å². The fourth-order valence-electron chi connectivity index (χ4n) is 4.58. The maximum Gasteiger partial charge on any atom is 0.524 e. The molecule has 0 aliphatic rings. The van der Waals surface area contributed by atoms with Gasteiger partial charge >= 0.3 is 15.6 Å². The Bertz CT molecular complexity index is 1530. The lowest BCUT2D eigenvalue weighted by atomic mass is 9.93. The molecule has 0 saturated carbocycles. The first-order valence-electron chi connectivity index (χ1n) is 12.9. The van der Waals surface area contributed by atoms with Gasteiger partial charge in [0.05, 0.1) is 0 Å². The minimum Gasteiger partial charge on any atom is -0.507 e. The molecule has 41 heavy (non-hydrogen) atoms. The lowest BCUT2D eigenvalue weighted by Gasteiger charge is -2.18. The van der Waals surface area contributed by atoms with Crippen LogP contribution in [0.15, 0.2) is 66.2 Å². The fraction of sp³-hybridized carbons (Fsp3) is 0.276. The third-order valence-corrected chi connectivity index (χ3v) is 7.25. The number of carbonyl (C=O) groups excluding carboxylic acids is 1. The second-order valence-electron chi connectivity index (χ2n) is 9.48. The summed E-state index contributed by atoms with van der Waals surface area (Å²) in [6.45, 7) is 5.12. The SMILES string of the molecule is CCC=C(Cc1cccc(Cc2cccc(Cc3cccc(CC)c3OP(=O)(O)O)c2O)c1OP(=O)(O)O)C(C)=O. The first-order valence-corrected chi connectivity index (χ1v) is 16.0. The Hall–Kier alpha value is -3.23. The molecule has 0 radical (unpaired) electrons. The summed E-state index contributed by atoms with van der Waals surface area (Å²) in [6.07, 6.45) is 3.06. The highest BCUT2D eigenvalue weighted by atomic mass is 31.2. The molecular weight excluding hydrogens is 570 g/mol. The number of Topliss-reactive ketones (excluding diaryl/α,β-unsaturated/α-hetero) is 1. The van der Waals surface area contributed by atoms with Crippen LogP contribution in [0.2, 0.25) is 0 Å². The molecule has 0 aliphatic heterocycles. The molecule has 0 unspecified atom stereocenters. The van der Waals surface area contributed by atoms with Gasteiger partial charge in [0.1, 0.15) is 17.2 Å². The Kier molecular flexibility index (Phi) is 10.7. The van der Waals surface area contributed by atoms with Gasteiger partial charge in [-0.05, 0) is 58.7 Å². The number of aryl methyl sites for hydroxylation is 1. The van der Waals surface area contributed by atoms with E-state index >= 15 is 0 Å². The highest BCUT2D eigenvalue weighted by Gasteiger charge is 2.24. The molecule has 3 rings (SSSR count). The van der Waals surface area contributed by atoms with E-state index < -0.39 is 15.6 Å². The lowest BCUT2D eigenvalue weighted by Crippen LogP contribution is -2.06. The smallest absolute Gasteiger partial charge is 0.507 e. The molecule has 0 atom stereocenters. The number of aromatic hydroxyl groups is 1. The lowest BCUT2D eigenvalue weighted by molar-refractivity contribution is -0.113. The summed E-state index contributed by atoms with van der Waals surface area (Å²) >= 11 is 0. The molecule has 0 spiro atoms. The number of para-hydroxylation sites is 3. The normalized spacial score (nSPS) is 12.3. The summed E-state index contributed by atoms with van der Waals surface area (Å²) in [5, 5.41) is 11.2. The van der Waals surface area contributed by atoms with E-state index in [0.717, 1.165) is 0 Å². The van der Waals surface area contributed by atoms with Gasteiger partial charge < -0.3 is 14.2 Å². The van der Waals surface area contributed by atoms with E-state index in [-0.39, 0.29) is 42.3 Å². The van der Waals surface area contributed by atoms with Crippen LogP contribution in [0.25, 0.3) is 0 Å². The van der Waals surface area contributed by atoms with Crippen molar-refractivity contribution in [1.82, 2.24) is 0 Å². The second-order valence-corrected chi connectivity index (χ2v) is 11.8. The van der Waals surface area contributed by atoms with Gasteiger partial charge in [-0.2, -0.15) is 0 Å². The van der Waals surface area contributed by atoms with E-state index in [2.05, 4.69) is 0 Å². The Labute approximate surface area is 238 Å². The maximum atomic E-state index is 12.1. The number of allylic oxidation sites excluding steroid dienone is 2. The van der Waals surface area contributed by atoms with Gasteiger partial charge in [0, 0.05) is 19.3 Å². The van der Waals surface area contributed by atoms with E-state index in [1.165, 1.54) is 6.92 Å². The Morgan fingerprint density at radius 1 is 0.732 bits per heavy atom. The van der Waals surface area contributed by atoms with Crippen molar-refractivity contribution in [2.24, 2.45) is 0 Å². The number of phenolic OH excluding ortho intramolecular Hbond substituents is 1. The molecule has 5 N–H and O–H groups in total. The second kappa shape index (κ2) is 13.6. The number of benzene rings is 3. The van der Waals surface area contributed by atoms with Gasteiger partial charge in [-0.15, -0.1) is 0 Å². The topological polar surface area (TPSA) is 171 Å². The van der Waals surface area contributed by atoms with Gasteiger partial charge in [0.2, 0.25) is 0 Å². The monoisotopic (exact) mass is 604 g/mol. The number of hydrogen-bond acceptors (Lipinski definition) is 6. The highest BCUT2D eigenvalue weighted by Crippen LogP contribution is 2.44. The van der Waals surface area contributed by atoms with Gasteiger partial charge in [0.25, 0.3) is 0 Å². The maximum absolute atomic E-state index is 12.1. The van der Waals surface area contributed by atoms with Gasteiger partial charge in [0.15, 0.2) is 5.78 Å². The van der Waals surface area contributed by atoms with Crippen LogP contribution in [-0.2, 0) is 39.6 Å². The van der Waals surface area contributed by atoms with Crippen molar-refractivity contribution in [3.63, 3.8) is 0 Å². The van der Waals surface area contributed by atoms with Crippen LogP contribution in [0.4, 0.5) is 0 Å². The molecule has 10 nitrogen and oxygen atoms in total. The third kappa shape index (κ3) is 9.13. The number of rotatable bonds is 13. The number of carbonyl (C=O) groups is 1. The highest BCUT2D eigenvalue weighted by molar-refractivity contribution is 7.47. The first-order chi connectivity index (χ1) is 19.2. The Balaban J connectivity index is 2.04. The molecule has 12 heteroatoms. The molecule has 0 saturated heterocycles. The molecule has 0 amide bonds. The molecular formula is C29H34O10P2. The summed E-state index contributed by atoms with van der Waals surface area (Å²) in [5.74, 6) is -0.278. The minimum atomic E-state index is -4.97. The summed E-state index contributed by atoms with van der Waals surface area (Å²) in [4.78, 5) is 50.3. The van der Waals surface area contributed by atoms with E-state index in [1.54, 1.807) is 60.7 Å². The molecule has 220 valence electrons. The van der Waals surface area contributed by atoms with Gasteiger partial charge in [-0.1, -0.05) is 74.5 Å². The van der Waals surface area contributed by atoms with Gasteiger partial charge in [-0.3, -0.25) is 24.4 Å². The first kappa shape index (κ1) is 32.3. The predicted molar refractivity (Wildman–Crippen MR) is 154 cm³/mol. The van der Waals surface area contributed by atoms with Gasteiger partial charge in [-0.25, -0.2) is 9.13 Å². The van der Waals surface area contributed by atoms with Crippen LogP contribution >= 0.6 is 15.6 Å². The predicted octanol–water partition coefficient (Wildman–Crippen LogP) is 5.55. The summed E-state index contributed by atoms with van der Waals surface area (Å²) in [7, 11) is -9.81. The van der Waals surface area contributed by atoms with Crippen molar-refractivity contribution in [3.8, 4) is 17.2 Å². The number of hydrogen-bond donors (Lipinski definition) is 5. The average Bonchev–Trinajstić information content (AvgIpc) is 2.87. The van der Waals surface area contributed by atoms with Crippen LogP contribution in [0.3, 0.4) is 0 Å². The largest absolute Gasteiger partial charge is 0.524 e. The number of phosphoric ester groups is 2. The van der Waals surface area contributed by atoms with Crippen LogP contribution in [0.1, 0.15) is 60.6 Å². The zero-order chi connectivity index (χ0) is 30.4. The summed E-state index contributed by atoms with van der Waals surface area (Å²) in [6, 6.07) is 15.0. The fourth-order valence-corrected chi connectivity index (χ4v) is 5.52. The standard InChI is InChI=1S/C29H34O10P2/c1-4-9-21(19(3)30)16-24-14-8-15-26(29(24)39-41(35,36)37)18-23-12-7-11-22(27(23)31)17-25-13-6-10-20(5-2)28(25)38-40(32,33)34/h6-15,31H,4-5,16-18H2,1-3H3,(H2,32,33,34)(H2,35,36,37). The molecule has 3 aromatic carbocycles. The molecule has 0 fully saturated rings. The van der Waals surface area contributed by atoms with Crippen molar-refractivity contribution < 1.29 is 47.7 Å². The molecule has 3 aromatic rings. The van der Waals surface area contributed by atoms with Crippen LogP contribution < -0.4 is 9.05 Å². The molecule has 0 heterocycles.